The van der Waals surface area contributed by atoms with Crippen molar-refractivity contribution in [1.82, 2.24) is 0 Å². The van der Waals surface area contributed by atoms with Crippen LogP contribution in [-0.4, -0.2) is 24.1 Å². The van der Waals surface area contributed by atoms with Crippen LogP contribution in [0.3, 0.4) is 0 Å². The number of aromatic carboxylic acids is 1. The average molecular weight is 367 g/mol. The highest BCUT2D eigenvalue weighted by molar-refractivity contribution is 7.15. The molecule has 0 spiro atoms. The minimum Gasteiger partial charge on any atom is -0.496 e. The first-order valence-corrected chi connectivity index (χ1v) is 8.75. The third kappa shape index (κ3) is 3.45. The number of benzene rings is 2. The van der Waals surface area contributed by atoms with Crippen LogP contribution in [0.5, 0.6) is 5.75 Å². The van der Waals surface area contributed by atoms with Crippen LogP contribution in [0, 0.1) is 6.92 Å². The first kappa shape index (κ1) is 17.7. The molecule has 0 bridgehead atoms. The summed E-state index contributed by atoms with van der Waals surface area (Å²) in [6.45, 7) is 1.97. The lowest BCUT2D eigenvalue weighted by Crippen LogP contribution is -2.14. The third-order valence-corrected chi connectivity index (χ3v) is 4.84. The standard InChI is InChI=1S/C20H17NO4S/c1-12-7-9-13(10-8-12)15-11-26-19(17(15)20(23)24)21-18(22)14-5-3-4-6-16(14)25-2/h3-11H,1-2H3,(H,21,22)(H,23,24). The number of aryl methyl sites for hydroxylation is 1. The predicted molar refractivity (Wildman–Crippen MR) is 102 cm³/mol. The number of ether oxygens (including phenoxy) is 1. The molecule has 0 atom stereocenters. The maximum absolute atomic E-state index is 12.6. The number of amides is 1. The lowest BCUT2D eigenvalue weighted by atomic mass is 10.0. The first-order valence-electron chi connectivity index (χ1n) is 7.87. The van der Waals surface area contributed by atoms with Crippen molar-refractivity contribution in [2.75, 3.05) is 12.4 Å². The Kier molecular flexibility index (Phi) is 5.04. The summed E-state index contributed by atoms with van der Waals surface area (Å²) in [6, 6.07) is 14.4. The van der Waals surface area contributed by atoms with Gasteiger partial charge in [-0.1, -0.05) is 42.0 Å². The Morgan fingerprint density at radius 2 is 1.77 bits per heavy atom. The molecule has 0 saturated carbocycles. The van der Waals surface area contributed by atoms with Gasteiger partial charge >= 0.3 is 5.97 Å². The predicted octanol–water partition coefficient (Wildman–Crippen LogP) is 4.68. The summed E-state index contributed by atoms with van der Waals surface area (Å²) in [7, 11) is 1.48. The molecule has 1 heterocycles. The molecule has 6 heteroatoms. The molecule has 0 fully saturated rings. The van der Waals surface area contributed by atoms with Crippen molar-refractivity contribution in [3.8, 4) is 16.9 Å². The highest BCUT2D eigenvalue weighted by Gasteiger charge is 2.22. The maximum atomic E-state index is 12.6. The molecule has 1 amide bonds. The van der Waals surface area contributed by atoms with Gasteiger partial charge in [-0.05, 0) is 24.6 Å². The molecule has 3 rings (SSSR count). The van der Waals surface area contributed by atoms with Crippen molar-refractivity contribution in [1.29, 1.82) is 0 Å². The number of anilines is 1. The van der Waals surface area contributed by atoms with E-state index in [1.54, 1.807) is 29.6 Å². The van der Waals surface area contributed by atoms with Crippen molar-refractivity contribution >= 4 is 28.2 Å². The smallest absolute Gasteiger partial charge is 0.339 e. The summed E-state index contributed by atoms with van der Waals surface area (Å²) in [5.41, 5.74) is 2.89. The van der Waals surface area contributed by atoms with Gasteiger partial charge in [-0.2, -0.15) is 0 Å². The fourth-order valence-corrected chi connectivity index (χ4v) is 3.57. The van der Waals surface area contributed by atoms with E-state index in [-0.39, 0.29) is 5.56 Å². The maximum Gasteiger partial charge on any atom is 0.339 e. The molecule has 5 nitrogen and oxygen atoms in total. The van der Waals surface area contributed by atoms with E-state index in [0.717, 1.165) is 11.1 Å². The van der Waals surface area contributed by atoms with E-state index < -0.39 is 11.9 Å². The number of carbonyl (C=O) groups is 2. The topological polar surface area (TPSA) is 75.6 Å². The Balaban J connectivity index is 1.97. The number of rotatable bonds is 5. The number of hydrogen-bond donors (Lipinski definition) is 2. The number of nitrogens with one attached hydrogen (secondary N) is 1. The van der Waals surface area contributed by atoms with Crippen molar-refractivity contribution < 1.29 is 19.4 Å². The molecule has 0 saturated heterocycles. The summed E-state index contributed by atoms with van der Waals surface area (Å²) >= 11 is 1.19. The molecule has 2 aromatic carbocycles. The molecule has 3 aromatic rings. The van der Waals surface area contributed by atoms with Gasteiger partial charge in [-0.25, -0.2) is 4.79 Å². The Morgan fingerprint density at radius 1 is 1.08 bits per heavy atom. The van der Waals surface area contributed by atoms with Gasteiger partial charge in [0.15, 0.2) is 0 Å². The minimum atomic E-state index is -1.09. The van der Waals surface area contributed by atoms with E-state index >= 15 is 0 Å². The summed E-state index contributed by atoms with van der Waals surface area (Å²) < 4.78 is 5.19. The normalized spacial score (nSPS) is 10.4. The van der Waals surface area contributed by atoms with Gasteiger partial charge in [0.2, 0.25) is 0 Å². The Labute approximate surface area is 154 Å². The second kappa shape index (κ2) is 7.41. The largest absolute Gasteiger partial charge is 0.496 e. The van der Waals surface area contributed by atoms with E-state index in [9.17, 15) is 14.7 Å². The first-order chi connectivity index (χ1) is 12.5. The third-order valence-electron chi connectivity index (χ3n) is 3.95. The van der Waals surface area contributed by atoms with Crippen LogP contribution in [0.1, 0.15) is 26.3 Å². The molecule has 0 radical (unpaired) electrons. The Morgan fingerprint density at radius 3 is 2.42 bits per heavy atom. The zero-order valence-corrected chi connectivity index (χ0v) is 15.1. The van der Waals surface area contributed by atoms with E-state index in [2.05, 4.69) is 5.32 Å². The zero-order valence-electron chi connectivity index (χ0n) is 14.3. The van der Waals surface area contributed by atoms with E-state index in [0.29, 0.717) is 21.9 Å². The van der Waals surface area contributed by atoms with E-state index in [1.807, 2.05) is 31.2 Å². The molecule has 0 aliphatic rings. The van der Waals surface area contributed by atoms with Crippen LogP contribution in [0.15, 0.2) is 53.9 Å². The zero-order chi connectivity index (χ0) is 18.7. The summed E-state index contributed by atoms with van der Waals surface area (Å²) in [5, 5.41) is 14.4. The number of carbonyl (C=O) groups excluding carboxylic acids is 1. The van der Waals surface area contributed by atoms with Gasteiger partial charge in [0.1, 0.15) is 16.3 Å². The second-order valence-electron chi connectivity index (χ2n) is 5.68. The molecule has 0 aliphatic carbocycles. The summed E-state index contributed by atoms with van der Waals surface area (Å²) in [4.78, 5) is 24.4. The number of hydrogen-bond acceptors (Lipinski definition) is 4. The second-order valence-corrected chi connectivity index (χ2v) is 6.56. The summed E-state index contributed by atoms with van der Waals surface area (Å²) in [6.07, 6.45) is 0. The van der Waals surface area contributed by atoms with Crippen molar-refractivity contribution in [3.63, 3.8) is 0 Å². The lowest BCUT2D eigenvalue weighted by Gasteiger charge is -2.09. The fourth-order valence-electron chi connectivity index (χ4n) is 2.61. The molecule has 2 N–H and O–H groups in total. The quantitative estimate of drug-likeness (QED) is 0.686. The molecular formula is C20H17NO4S. The van der Waals surface area contributed by atoms with Crippen LogP contribution >= 0.6 is 11.3 Å². The van der Waals surface area contributed by atoms with Crippen LogP contribution in [0.2, 0.25) is 0 Å². The molecule has 132 valence electrons. The molecule has 1 aromatic heterocycles. The van der Waals surface area contributed by atoms with Crippen LogP contribution in [0.4, 0.5) is 5.00 Å². The fraction of sp³-hybridized carbons (Fsp3) is 0.100. The molecule has 0 aliphatic heterocycles. The molecule has 0 unspecified atom stereocenters. The monoisotopic (exact) mass is 367 g/mol. The van der Waals surface area contributed by atoms with Crippen molar-refractivity contribution in [2.45, 2.75) is 6.92 Å². The van der Waals surface area contributed by atoms with E-state index in [4.69, 9.17) is 4.74 Å². The SMILES string of the molecule is COc1ccccc1C(=O)Nc1scc(-c2ccc(C)cc2)c1C(=O)O. The number of para-hydroxylation sites is 1. The van der Waals surface area contributed by atoms with Gasteiger partial charge < -0.3 is 15.2 Å². The lowest BCUT2D eigenvalue weighted by molar-refractivity contribution is 0.0699. The molecule has 26 heavy (non-hydrogen) atoms. The van der Waals surface area contributed by atoms with E-state index in [1.165, 1.54) is 18.4 Å². The van der Waals surface area contributed by atoms with Crippen molar-refractivity contribution in [3.05, 3.63) is 70.6 Å². The van der Waals surface area contributed by atoms with Gasteiger partial charge in [-0.3, -0.25) is 4.79 Å². The van der Waals surface area contributed by atoms with Gasteiger partial charge in [0.25, 0.3) is 5.91 Å². The van der Waals surface area contributed by atoms with Crippen LogP contribution in [-0.2, 0) is 0 Å². The number of methoxy groups -OCH3 is 1. The number of carboxylic acid groups (broad SMARTS) is 1. The Hall–Kier alpha value is -3.12. The summed E-state index contributed by atoms with van der Waals surface area (Å²) in [5.74, 6) is -1.07. The Bertz CT molecular complexity index is 960. The average Bonchev–Trinajstić information content (AvgIpc) is 3.06. The number of thiophene rings is 1. The number of carboxylic acids is 1. The van der Waals surface area contributed by atoms with Gasteiger partial charge in [0.05, 0.1) is 12.7 Å². The highest BCUT2D eigenvalue weighted by atomic mass is 32.1. The molecular weight excluding hydrogens is 350 g/mol. The van der Waals surface area contributed by atoms with Crippen LogP contribution < -0.4 is 10.1 Å². The van der Waals surface area contributed by atoms with Crippen LogP contribution in [0.25, 0.3) is 11.1 Å². The minimum absolute atomic E-state index is 0.0853. The highest BCUT2D eigenvalue weighted by Crippen LogP contribution is 2.36. The van der Waals surface area contributed by atoms with Crippen molar-refractivity contribution in [2.24, 2.45) is 0 Å². The van der Waals surface area contributed by atoms with Gasteiger partial charge in [-0.15, -0.1) is 11.3 Å². The van der Waals surface area contributed by atoms with Gasteiger partial charge in [0, 0.05) is 10.9 Å².